The third-order valence-corrected chi connectivity index (χ3v) is 4.47. The minimum atomic E-state index is -0.810. The number of benzene rings is 1. The van der Waals surface area contributed by atoms with Crippen LogP contribution in [-0.4, -0.2) is 48.7 Å². The van der Waals surface area contributed by atoms with Gasteiger partial charge in [0.2, 0.25) is 5.91 Å². The Kier molecular flexibility index (Phi) is 6.29. The van der Waals surface area contributed by atoms with Gasteiger partial charge < -0.3 is 14.9 Å². The van der Waals surface area contributed by atoms with Crippen LogP contribution in [0.3, 0.4) is 0 Å². The monoisotopic (exact) mass is 437 g/mol. The number of carbonyl (C=O) groups excluding carboxylic acids is 1. The molecule has 0 fully saturated rings. The van der Waals surface area contributed by atoms with Crippen molar-refractivity contribution in [3.8, 4) is 22.9 Å². The molecule has 3 heterocycles. The molecule has 1 unspecified atom stereocenters. The zero-order valence-corrected chi connectivity index (χ0v) is 17.1. The van der Waals surface area contributed by atoms with Crippen LogP contribution in [0.1, 0.15) is 12.5 Å². The maximum Gasteiger partial charge on any atom is 0.239 e. The zero-order valence-electron chi connectivity index (χ0n) is 17.1. The SMILES string of the molecule is CC(O)NCC(=O)Nc1ccnc(-c2cc(-c3ccon3)n(Cc3ccccc3F)n2)n1. The van der Waals surface area contributed by atoms with Crippen molar-refractivity contribution < 1.29 is 18.8 Å². The molecule has 0 aliphatic rings. The van der Waals surface area contributed by atoms with E-state index in [1.54, 1.807) is 41.1 Å². The molecule has 0 saturated heterocycles. The Hall–Kier alpha value is -3.96. The standard InChI is InChI=1S/C21H20FN7O3/c1-13(30)24-11-20(31)25-19-6-8-23-21(26-19)17-10-18(16-7-9-32-28-16)29(27-17)12-14-4-2-3-5-15(14)22/h2-10,13,24,30H,11-12H2,1H3,(H,23,25,26,31). The van der Waals surface area contributed by atoms with Gasteiger partial charge in [-0.3, -0.25) is 14.8 Å². The molecule has 0 aliphatic heterocycles. The predicted octanol–water partition coefficient (Wildman–Crippen LogP) is 2.05. The molecular formula is C21H20FN7O3. The molecule has 0 spiro atoms. The summed E-state index contributed by atoms with van der Waals surface area (Å²) < 4.78 is 20.7. The number of hydrogen-bond donors (Lipinski definition) is 3. The molecule has 1 aromatic carbocycles. The van der Waals surface area contributed by atoms with Crippen molar-refractivity contribution in [1.82, 2.24) is 30.2 Å². The molecule has 11 heteroatoms. The molecule has 0 aliphatic carbocycles. The molecule has 3 N–H and O–H groups in total. The summed E-state index contributed by atoms with van der Waals surface area (Å²) in [5, 5.41) is 23.0. The Balaban J connectivity index is 1.63. The number of amides is 1. The van der Waals surface area contributed by atoms with E-state index in [-0.39, 0.29) is 36.5 Å². The van der Waals surface area contributed by atoms with Crippen LogP contribution >= 0.6 is 0 Å². The molecule has 1 atom stereocenters. The first-order chi connectivity index (χ1) is 15.5. The van der Waals surface area contributed by atoms with Gasteiger partial charge in [0, 0.05) is 17.8 Å². The van der Waals surface area contributed by atoms with Crippen molar-refractivity contribution in [2.45, 2.75) is 19.7 Å². The molecule has 4 aromatic rings. The molecule has 1 amide bonds. The topological polar surface area (TPSA) is 131 Å². The molecule has 3 aromatic heterocycles. The number of aliphatic hydroxyl groups is 1. The van der Waals surface area contributed by atoms with Gasteiger partial charge in [-0.05, 0) is 25.1 Å². The van der Waals surface area contributed by atoms with Crippen LogP contribution in [0.2, 0.25) is 0 Å². The highest BCUT2D eigenvalue weighted by atomic mass is 19.1. The summed E-state index contributed by atoms with van der Waals surface area (Å²) in [6.07, 6.45) is 2.12. The Labute approximate surface area is 182 Å². The summed E-state index contributed by atoms with van der Waals surface area (Å²) >= 11 is 0. The highest BCUT2D eigenvalue weighted by Crippen LogP contribution is 2.25. The van der Waals surface area contributed by atoms with Gasteiger partial charge in [0.05, 0.1) is 18.8 Å². The van der Waals surface area contributed by atoms with E-state index in [0.717, 1.165) is 0 Å². The van der Waals surface area contributed by atoms with E-state index in [0.29, 0.717) is 22.6 Å². The normalized spacial score (nSPS) is 12.0. The number of nitrogens with one attached hydrogen (secondary N) is 2. The van der Waals surface area contributed by atoms with E-state index < -0.39 is 6.23 Å². The molecule has 0 saturated carbocycles. The highest BCUT2D eigenvalue weighted by Gasteiger charge is 2.17. The number of aliphatic hydroxyl groups excluding tert-OH is 1. The Morgan fingerprint density at radius 3 is 2.84 bits per heavy atom. The van der Waals surface area contributed by atoms with Crippen LogP contribution in [0.25, 0.3) is 22.9 Å². The lowest BCUT2D eigenvalue weighted by Gasteiger charge is -2.08. The largest absolute Gasteiger partial charge is 0.379 e. The van der Waals surface area contributed by atoms with Gasteiger partial charge in [-0.25, -0.2) is 14.4 Å². The van der Waals surface area contributed by atoms with Gasteiger partial charge in [0.1, 0.15) is 35.5 Å². The lowest BCUT2D eigenvalue weighted by molar-refractivity contribution is -0.116. The second-order valence-electron chi connectivity index (χ2n) is 6.92. The fraction of sp³-hybridized carbons (Fsp3) is 0.190. The van der Waals surface area contributed by atoms with Gasteiger partial charge >= 0.3 is 0 Å². The van der Waals surface area contributed by atoms with Crippen LogP contribution in [0.4, 0.5) is 10.2 Å². The average Bonchev–Trinajstić information content (AvgIpc) is 3.44. The molecule has 10 nitrogen and oxygen atoms in total. The second-order valence-corrected chi connectivity index (χ2v) is 6.92. The Morgan fingerprint density at radius 2 is 2.09 bits per heavy atom. The fourth-order valence-electron chi connectivity index (χ4n) is 2.96. The smallest absolute Gasteiger partial charge is 0.239 e. The van der Waals surface area contributed by atoms with Gasteiger partial charge in [-0.15, -0.1) is 0 Å². The first-order valence-corrected chi connectivity index (χ1v) is 9.76. The van der Waals surface area contributed by atoms with Gasteiger partial charge in [-0.1, -0.05) is 23.4 Å². The number of nitrogens with zero attached hydrogens (tertiary/aromatic N) is 5. The quantitative estimate of drug-likeness (QED) is 0.357. The first-order valence-electron chi connectivity index (χ1n) is 9.76. The minimum Gasteiger partial charge on any atom is -0.379 e. The third-order valence-electron chi connectivity index (χ3n) is 4.47. The van der Waals surface area contributed by atoms with E-state index in [9.17, 15) is 14.3 Å². The maximum atomic E-state index is 14.2. The first kappa shape index (κ1) is 21.3. The average molecular weight is 437 g/mol. The second kappa shape index (κ2) is 9.45. The van der Waals surface area contributed by atoms with E-state index >= 15 is 0 Å². The van der Waals surface area contributed by atoms with Crippen molar-refractivity contribution >= 4 is 11.7 Å². The van der Waals surface area contributed by atoms with Crippen LogP contribution in [0.15, 0.2) is 59.4 Å². The zero-order chi connectivity index (χ0) is 22.5. The third kappa shape index (κ3) is 5.02. The lowest BCUT2D eigenvalue weighted by Crippen LogP contribution is -2.34. The van der Waals surface area contributed by atoms with Crippen LogP contribution < -0.4 is 10.6 Å². The number of hydrogen-bond acceptors (Lipinski definition) is 8. The van der Waals surface area contributed by atoms with Crippen molar-refractivity contribution in [1.29, 1.82) is 0 Å². The summed E-state index contributed by atoms with van der Waals surface area (Å²) in [7, 11) is 0. The summed E-state index contributed by atoms with van der Waals surface area (Å²) in [6.45, 7) is 1.60. The van der Waals surface area contributed by atoms with E-state index in [2.05, 4.69) is 30.9 Å². The summed E-state index contributed by atoms with van der Waals surface area (Å²) in [5.74, 6) is -0.173. The van der Waals surface area contributed by atoms with Crippen LogP contribution in [0.5, 0.6) is 0 Å². The number of anilines is 1. The van der Waals surface area contributed by atoms with E-state index in [1.807, 2.05) is 0 Å². The van der Waals surface area contributed by atoms with E-state index in [1.165, 1.54) is 25.5 Å². The number of carbonyl (C=O) groups is 1. The van der Waals surface area contributed by atoms with Crippen molar-refractivity contribution in [3.05, 3.63) is 66.3 Å². The highest BCUT2D eigenvalue weighted by molar-refractivity contribution is 5.91. The summed E-state index contributed by atoms with van der Waals surface area (Å²) in [5.41, 5.74) is 1.99. The predicted molar refractivity (Wildman–Crippen MR) is 113 cm³/mol. The summed E-state index contributed by atoms with van der Waals surface area (Å²) in [4.78, 5) is 20.6. The molecule has 4 rings (SSSR count). The Bertz CT molecular complexity index is 1210. The van der Waals surface area contributed by atoms with E-state index in [4.69, 9.17) is 4.52 Å². The number of halogens is 1. The molecule has 164 valence electrons. The van der Waals surface area contributed by atoms with Crippen LogP contribution in [0, 0.1) is 5.82 Å². The minimum absolute atomic E-state index is 0.0788. The number of aromatic nitrogens is 5. The van der Waals surface area contributed by atoms with Crippen molar-refractivity contribution in [2.24, 2.45) is 0 Å². The molecule has 0 radical (unpaired) electrons. The maximum absolute atomic E-state index is 14.2. The lowest BCUT2D eigenvalue weighted by atomic mass is 10.2. The van der Waals surface area contributed by atoms with Gasteiger partial charge in [-0.2, -0.15) is 5.10 Å². The van der Waals surface area contributed by atoms with Crippen molar-refractivity contribution in [3.63, 3.8) is 0 Å². The molecule has 0 bridgehead atoms. The summed E-state index contributed by atoms with van der Waals surface area (Å²) in [6, 6.07) is 11.4. The van der Waals surface area contributed by atoms with Gasteiger partial charge in [0.25, 0.3) is 0 Å². The molecular weight excluding hydrogens is 417 g/mol. The van der Waals surface area contributed by atoms with Gasteiger partial charge in [0.15, 0.2) is 5.82 Å². The van der Waals surface area contributed by atoms with Crippen LogP contribution in [-0.2, 0) is 11.3 Å². The number of rotatable bonds is 8. The molecule has 32 heavy (non-hydrogen) atoms. The van der Waals surface area contributed by atoms with Crippen molar-refractivity contribution in [2.75, 3.05) is 11.9 Å². The Morgan fingerprint density at radius 1 is 1.25 bits per heavy atom. The fourth-order valence-corrected chi connectivity index (χ4v) is 2.96.